The summed E-state index contributed by atoms with van der Waals surface area (Å²) in [4.78, 5) is 2.51. The molecule has 6 heteroatoms. The van der Waals surface area contributed by atoms with Crippen LogP contribution in [0.2, 0.25) is 5.02 Å². The van der Waals surface area contributed by atoms with Gasteiger partial charge in [0.2, 0.25) is 10.0 Å². The van der Waals surface area contributed by atoms with E-state index in [0.29, 0.717) is 31.2 Å². The first-order valence-electron chi connectivity index (χ1n) is 7.96. The van der Waals surface area contributed by atoms with Crippen molar-refractivity contribution in [3.63, 3.8) is 0 Å². The number of rotatable bonds is 3. The average Bonchev–Trinajstić information content (AvgIpc) is 2.55. The van der Waals surface area contributed by atoms with Gasteiger partial charge in [0.1, 0.15) is 0 Å². The van der Waals surface area contributed by atoms with Gasteiger partial charge in [-0.25, -0.2) is 8.42 Å². The molecule has 0 unspecified atom stereocenters. The fourth-order valence-electron chi connectivity index (χ4n) is 3.11. The van der Waals surface area contributed by atoms with E-state index in [0.717, 1.165) is 0 Å². The van der Waals surface area contributed by atoms with Crippen molar-refractivity contribution in [2.75, 3.05) is 31.1 Å². The van der Waals surface area contributed by atoms with Crippen molar-refractivity contribution in [1.82, 2.24) is 4.31 Å². The Kier molecular flexibility index (Phi) is 4.85. The van der Waals surface area contributed by atoms with Crippen LogP contribution < -0.4 is 4.90 Å². The molecule has 2 aromatic carbocycles. The Labute approximate surface area is 148 Å². The predicted molar refractivity (Wildman–Crippen MR) is 98.3 cm³/mol. The van der Waals surface area contributed by atoms with E-state index < -0.39 is 10.0 Å². The molecule has 1 fully saturated rings. The maximum atomic E-state index is 12.7. The summed E-state index contributed by atoms with van der Waals surface area (Å²) in [5.41, 5.74) is 3.64. The van der Waals surface area contributed by atoms with Gasteiger partial charge in [0, 0.05) is 36.9 Å². The minimum absolute atomic E-state index is 0.259. The van der Waals surface area contributed by atoms with Gasteiger partial charge < -0.3 is 4.90 Å². The maximum Gasteiger partial charge on any atom is 0.243 e. The SMILES string of the molecule is Cc1ccc(N2CCN(S(=O)(=O)c3cccc(Cl)c3)CC2)c(C)c1. The summed E-state index contributed by atoms with van der Waals surface area (Å²) in [7, 11) is -3.48. The molecule has 0 aromatic heterocycles. The molecule has 0 N–H and O–H groups in total. The highest BCUT2D eigenvalue weighted by molar-refractivity contribution is 7.89. The number of aryl methyl sites for hydroxylation is 2. The van der Waals surface area contributed by atoms with E-state index in [1.54, 1.807) is 22.5 Å². The molecule has 4 nitrogen and oxygen atoms in total. The lowest BCUT2D eigenvalue weighted by Crippen LogP contribution is -2.48. The van der Waals surface area contributed by atoms with Crippen LogP contribution in [0.4, 0.5) is 5.69 Å². The number of benzene rings is 2. The van der Waals surface area contributed by atoms with Crippen LogP contribution in [0.1, 0.15) is 11.1 Å². The highest BCUT2D eigenvalue weighted by Gasteiger charge is 2.29. The molecule has 1 aliphatic rings. The Morgan fingerprint density at radius 1 is 0.958 bits per heavy atom. The minimum atomic E-state index is -3.48. The second-order valence-corrected chi connectivity index (χ2v) is 8.51. The summed E-state index contributed by atoms with van der Waals surface area (Å²) < 4.78 is 27.0. The van der Waals surface area contributed by atoms with Crippen molar-refractivity contribution in [1.29, 1.82) is 0 Å². The summed E-state index contributed by atoms with van der Waals surface area (Å²) in [6.07, 6.45) is 0. The quantitative estimate of drug-likeness (QED) is 0.837. The number of nitrogens with zero attached hydrogens (tertiary/aromatic N) is 2. The summed E-state index contributed by atoms with van der Waals surface area (Å²) in [5, 5.41) is 0.435. The largest absolute Gasteiger partial charge is 0.369 e. The zero-order valence-corrected chi connectivity index (χ0v) is 15.4. The van der Waals surface area contributed by atoms with Gasteiger partial charge in [0.05, 0.1) is 4.90 Å². The van der Waals surface area contributed by atoms with Crippen LogP contribution in [0.5, 0.6) is 0 Å². The molecule has 0 aliphatic carbocycles. The van der Waals surface area contributed by atoms with Gasteiger partial charge in [0.15, 0.2) is 0 Å². The first-order chi connectivity index (χ1) is 11.4. The van der Waals surface area contributed by atoms with Crippen LogP contribution in [0.3, 0.4) is 0 Å². The van der Waals surface area contributed by atoms with Crippen LogP contribution in [0.15, 0.2) is 47.4 Å². The first-order valence-corrected chi connectivity index (χ1v) is 9.77. The number of hydrogen-bond acceptors (Lipinski definition) is 3. The molecular weight excluding hydrogens is 344 g/mol. The summed E-state index contributed by atoms with van der Waals surface area (Å²) >= 11 is 5.93. The molecule has 1 aliphatic heterocycles. The van der Waals surface area contributed by atoms with Crippen LogP contribution in [0, 0.1) is 13.8 Å². The van der Waals surface area contributed by atoms with E-state index in [1.165, 1.54) is 22.9 Å². The molecule has 1 saturated heterocycles. The molecule has 0 bridgehead atoms. The maximum absolute atomic E-state index is 12.7. The van der Waals surface area contributed by atoms with E-state index in [1.807, 2.05) is 0 Å². The molecule has 1 heterocycles. The molecule has 24 heavy (non-hydrogen) atoms. The number of hydrogen-bond donors (Lipinski definition) is 0. The Morgan fingerprint density at radius 2 is 1.67 bits per heavy atom. The van der Waals surface area contributed by atoms with Gasteiger partial charge in [-0.05, 0) is 43.7 Å². The monoisotopic (exact) mass is 364 g/mol. The topological polar surface area (TPSA) is 40.6 Å². The van der Waals surface area contributed by atoms with Gasteiger partial charge in [-0.2, -0.15) is 4.31 Å². The second-order valence-electron chi connectivity index (χ2n) is 6.14. The molecule has 2 aromatic rings. The van der Waals surface area contributed by atoms with Crippen LogP contribution in [-0.2, 0) is 10.0 Å². The Bertz CT molecular complexity index is 844. The molecule has 3 rings (SSSR count). The third-order valence-electron chi connectivity index (χ3n) is 4.37. The van der Waals surface area contributed by atoms with Crippen molar-refractivity contribution in [2.45, 2.75) is 18.7 Å². The van der Waals surface area contributed by atoms with Crippen molar-refractivity contribution < 1.29 is 8.42 Å². The smallest absolute Gasteiger partial charge is 0.243 e. The summed E-state index contributed by atoms with van der Waals surface area (Å²) in [6, 6.07) is 12.8. The van der Waals surface area contributed by atoms with Gasteiger partial charge in [-0.15, -0.1) is 0 Å². The third-order valence-corrected chi connectivity index (χ3v) is 6.50. The minimum Gasteiger partial charge on any atom is -0.369 e. The van der Waals surface area contributed by atoms with Gasteiger partial charge in [-0.1, -0.05) is 35.4 Å². The molecule has 0 amide bonds. The fourth-order valence-corrected chi connectivity index (χ4v) is 4.83. The lowest BCUT2D eigenvalue weighted by atomic mass is 10.1. The van der Waals surface area contributed by atoms with Crippen LogP contribution in [-0.4, -0.2) is 38.9 Å². The van der Waals surface area contributed by atoms with E-state index in [9.17, 15) is 8.42 Å². The lowest BCUT2D eigenvalue weighted by Gasteiger charge is -2.36. The van der Waals surface area contributed by atoms with Gasteiger partial charge in [-0.3, -0.25) is 0 Å². The third kappa shape index (κ3) is 3.43. The normalized spacial score (nSPS) is 16.4. The summed E-state index contributed by atoms with van der Waals surface area (Å²) in [5.74, 6) is 0. The molecule has 0 atom stereocenters. The molecule has 128 valence electrons. The molecule has 0 spiro atoms. The number of sulfonamides is 1. The highest BCUT2D eigenvalue weighted by Crippen LogP contribution is 2.25. The Hall–Kier alpha value is -1.56. The number of halogens is 1. The Balaban J connectivity index is 1.75. The summed E-state index contributed by atoms with van der Waals surface area (Å²) in [6.45, 7) is 6.49. The number of anilines is 1. The number of piperazine rings is 1. The second kappa shape index (κ2) is 6.75. The van der Waals surface area contributed by atoms with E-state index in [4.69, 9.17) is 11.6 Å². The van der Waals surface area contributed by atoms with Crippen molar-refractivity contribution in [3.05, 3.63) is 58.6 Å². The predicted octanol–water partition coefficient (Wildman–Crippen LogP) is 3.47. The zero-order chi connectivity index (χ0) is 17.3. The molecular formula is C18H21ClN2O2S. The van der Waals surface area contributed by atoms with E-state index >= 15 is 0 Å². The van der Waals surface area contributed by atoms with Crippen molar-refractivity contribution in [2.24, 2.45) is 0 Å². The molecule has 0 radical (unpaired) electrons. The van der Waals surface area contributed by atoms with Gasteiger partial charge >= 0.3 is 0 Å². The van der Waals surface area contributed by atoms with Gasteiger partial charge in [0.25, 0.3) is 0 Å². The van der Waals surface area contributed by atoms with E-state index in [-0.39, 0.29) is 4.90 Å². The highest BCUT2D eigenvalue weighted by atomic mass is 35.5. The lowest BCUT2D eigenvalue weighted by molar-refractivity contribution is 0.385. The first kappa shape index (κ1) is 17.3. The zero-order valence-electron chi connectivity index (χ0n) is 13.9. The molecule has 0 saturated carbocycles. The van der Waals surface area contributed by atoms with Crippen molar-refractivity contribution in [3.8, 4) is 0 Å². The fraction of sp³-hybridized carbons (Fsp3) is 0.333. The average molecular weight is 365 g/mol. The van der Waals surface area contributed by atoms with Crippen molar-refractivity contribution >= 4 is 27.3 Å². The van der Waals surface area contributed by atoms with Crippen LogP contribution in [0.25, 0.3) is 0 Å². The Morgan fingerprint density at radius 3 is 2.29 bits per heavy atom. The standard InChI is InChI=1S/C18H21ClN2O2S/c1-14-6-7-18(15(2)12-14)20-8-10-21(11-9-20)24(22,23)17-5-3-4-16(19)13-17/h3-7,12-13H,8-11H2,1-2H3. The van der Waals surface area contributed by atoms with E-state index in [2.05, 4.69) is 36.9 Å². The van der Waals surface area contributed by atoms with Crippen LogP contribution >= 0.6 is 11.6 Å².